The average Bonchev–Trinajstić information content (AvgIpc) is 2.76. The van der Waals surface area contributed by atoms with Crippen LogP contribution in [0.2, 0.25) is 0 Å². The summed E-state index contributed by atoms with van der Waals surface area (Å²) in [4.78, 5) is 2.41. The van der Waals surface area contributed by atoms with Crippen LogP contribution in [0, 0.1) is 5.92 Å². The largest absolute Gasteiger partial charge is 0.394 e. The van der Waals surface area contributed by atoms with E-state index in [4.69, 9.17) is 17.4 Å². The predicted octanol–water partition coefficient (Wildman–Crippen LogP) is 1.02. The number of hydrogen-bond acceptors (Lipinski definition) is 5. The van der Waals surface area contributed by atoms with Gasteiger partial charge in [0.15, 0.2) is 0 Å². The van der Waals surface area contributed by atoms with Gasteiger partial charge < -0.3 is 14.9 Å². The fourth-order valence-corrected chi connectivity index (χ4v) is 4.65. The first-order valence-corrected chi connectivity index (χ1v) is 8.09. The second kappa shape index (κ2) is 5.90. The van der Waals surface area contributed by atoms with Crippen LogP contribution in [-0.4, -0.2) is 58.0 Å². The molecule has 3 unspecified atom stereocenters. The van der Waals surface area contributed by atoms with Crippen molar-refractivity contribution < 1.29 is 14.9 Å². The van der Waals surface area contributed by atoms with Crippen LogP contribution in [0.3, 0.4) is 0 Å². The molecule has 0 bridgehead atoms. The first-order valence-electron chi connectivity index (χ1n) is 7.57. The lowest BCUT2D eigenvalue weighted by molar-refractivity contribution is -0.174. The summed E-state index contributed by atoms with van der Waals surface area (Å²) in [7, 11) is 0. The normalized spacial score (nSPS) is 48.2. The van der Waals surface area contributed by atoms with E-state index in [2.05, 4.69) is 4.90 Å². The van der Waals surface area contributed by atoms with Gasteiger partial charge >= 0.3 is 0 Å². The molecule has 19 heavy (non-hydrogen) atoms. The predicted molar refractivity (Wildman–Crippen MR) is 76.2 cm³/mol. The Labute approximate surface area is 120 Å². The van der Waals surface area contributed by atoms with Gasteiger partial charge in [-0.2, -0.15) is 12.6 Å². The van der Waals surface area contributed by atoms with Gasteiger partial charge in [-0.3, -0.25) is 4.90 Å². The zero-order chi connectivity index (χ0) is 13.4. The lowest BCUT2D eigenvalue weighted by Gasteiger charge is -2.41. The summed E-state index contributed by atoms with van der Waals surface area (Å²) in [5, 5.41) is 19.7. The summed E-state index contributed by atoms with van der Waals surface area (Å²) in [5.74, 6) is 0.673. The van der Waals surface area contributed by atoms with Crippen molar-refractivity contribution in [2.45, 2.75) is 68.3 Å². The third-order valence-corrected chi connectivity index (χ3v) is 5.58. The van der Waals surface area contributed by atoms with E-state index in [0.717, 1.165) is 6.54 Å². The Bertz CT molecular complexity index is 317. The molecule has 0 amide bonds. The van der Waals surface area contributed by atoms with Gasteiger partial charge in [0.05, 0.1) is 18.8 Å². The van der Waals surface area contributed by atoms with E-state index in [9.17, 15) is 10.2 Å². The van der Waals surface area contributed by atoms with Crippen molar-refractivity contribution in [1.82, 2.24) is 4.90 Å². The molecule has 0 aromatic heterocycles. The van der Waals surface area contributed by atoms with E-state index in [1.54, 1.807) is 0 Å². The minimum atomic E-state index is -0.350. The molecule has 0 radical (unpaired) electrons. The topological polar surface area (TPSA) is 52.9 Å². The van der Waals surface area contributed by atoms with Crippen LogP contribution in [-0.2, 0) is 4.74 Å². The van der Waals surface area contributed by atoms with E-state index in [-0.39, 0.29) is 25.0 Å². The molecule has 3 rings (SSSR count). The molecule has 2 aliphatic heterocycles. The summed E-state index contributed by atoms with van der Waals surface area (Å²) in [6, 6.07) is 0.561. The average molecular weight is 287 g/mol. The van der Waals surface area contributed by atoms with Crippen molar-refractivity contribution in [3.8, 4) is 0 Å². The molecule has 3 fully saturated rings. The first-order chi connectivity index (χ1) is 9.19. The molecular formula is C14H25NO3S. The SMILES string of the molecule is OC[C@@H]1C[C@H](O)C[C@H](N2CC(S)C3CCCCC32)O1. The second-order valence-corrected chi connectivity index (χ2v) is 6.96. The maximum Gasteiger partial charge on any atom is 0.113 e. The molecule has 2 saturated heterocycles. The number of nitrogens with zero attached hydrogens (tertiary/aromatic N) is 1. The standard InChI is InChI=1S/C14H25NO3S/c16-8-10-5-9(17)6-14(18-10)15-7-13(19)11-3-1-2-4-12(11)15/h9-14,16-17,19H,1-8H2/t9-,10-,11?,12?,13?,14+/m0/s1. The van der Waals surface area contributed by atoms with E-state index in [1.165, 1.54) is 25.7 Å². The molecule has 2 N–H and O–H groups in total. The fraction of sp³-hybridized carbons (Fsp3) is 1.00. The van der Waals surface area contributed by atoms with E-state index in [1.807, 2.05) is 0 Å². The number of aliphatic hydroxyl groups is 2. The zero-order valence-electron chi connectivity index (χ0n) is 11.3. The summed E-state index contributed by atoms with van der Waals surface area (Å²) in [6.45, 7) is 0.952. The maximum absolute atomic E-state index is 9.97. The van der Waals surface area contributed by atoms with Crippen LogP contribution >= 0.6 is 12.6 Å². The molecular weight excluding hydrogens is 262 g/mol. The van der Waals surface area contributed by atoms with Gasteiger partial charge in [0.1, 0.15) is 6.23 Å². The number of hydrogen-bond donors (Lipinski definition) is 3. The Morgan fingerprint density at radius 1 is 1.21 bits per heavy atom. The van der Waals surface area contributed by atoms with Crippen LogP contribution in [0.25, 0.3) is 0 Å². The van der Waals surface area contributed by atoms with E-state index in [0.29, 0.717) is 30.1 Å². The van der Waals surface area contributed by atoms with Gasteiger partial charge in [-0.15, -0.1) is 0 Å². The molecule has 0 aromatic carbocycles. The molecule has 1 saturated carbocycles. The van der Waals surface area contributed by atoms with Crippen LogP contribution in [0.1, 0.15) is 38.5 Å². The number of ether oxygens (including phenoxy) is 1. The Hall–Kier alpha value is 0.190. The van der Waals surface area contributed by atoms with Crippen LogP contribution in [0.15, 0.2) is 0 Å². The lowest BCUT2D eigenvalue weighted by atomic mass is 9.84. The third kappa shape index (κ3) is 2.81. The zero-order valence-corrected chi connectivity index (χ0v) is 12.2. The van der Waals surface area contributed by atoms with Gasteiger partial charge in [-0.1, -0.05) is 12.8 Å². The lowest BCUT2D eigenvalue weighted by Crippen LogP contribution is -2.50. The molecule has 5 heteroatoms. The van der Waals surface area contributed by atoms with Crippen molar-refractivity contribution in [2.75, 3.05) is 13.2 Å². The number of likely N-dealkylation sites (tertiary alicyclic amines) is 1. The highest BCUT2D eigenvalue weighted by Gasteiger charge is 2.45. The number of fused-ring (bicyclic) bond motifs is 1. The van der Waals surface area contributed by atoms with Crippen molar-refractivity contribution in [3.63, 3.8) is 0 Å². The van der Waals surface area contributed by atoms with Crippen LogP contribution in [0.4, 0.5) is 0 Å². The number of aliphatic hydroxyl groups excluding tert-OH is 2. The fourth-order valence-electron chi connectivity index (χ4n) is 4.12. The van der Waals surface area contributed by atoms with Crippen LogP contribution in [0.5, 0.6) is 0 Å². The van der Waals surface area contributed by atoms with Crippen molar-refractivity contribution in [1.29, 1.82) is 0 Å². The molecule has 110 valence electrons. The smallest absolute Gasteiger partial charge is 0.113 e. The molecule has 4 nitrogen and oxygen atoms in total. The summed E-state index contributed by atoms with van der Waals surface area (Å²) in [6.07, 6.45) is 5.72. The quantitative estimate of drug-likeness (QED) is 0.664. The Morgan fingerprint density at radius 3 is 2.79 bits per heavy atom. The molecule has 0 aromatic rings. The minimum absolute atomic E-state index is 0.000200. The Kier molecular flexibility index (Phi) is 4.39. The minimum Gasteiger partial charge on any atom is -0.394 e. The van der Waals surface area contributed by atoms with Crippen molar-refractivity contribution >= 4 is 12.6 Å². The third-order valence-electron chi connectivity index (χ3n) is 5.03. The monoisotopic (exact) mass is 287 g/mol. The Morgan fingerprint density at radius 2 is 2.00 bits per heavy atom. The van der Waals surface area contributed by atoms with Gasteiger partial charge in [-0.25, -0.2) is 0 Å². The Balaban J connectivity index is 1.70. The molecule has 2 heterocycles. The van der Waals surface area contributed by atoms with Crippen molar-refractivity contribution in [2.24, 2.45) is 5.92 Å². The van der Waals surface area contributed by atoms with Crippen molar-refractivity contribution in [3.05, 3.63) is 0 Å². The van der Waals surface area contributed by atoms with Gasteiger partial charge in [0, 0.05) is 30.7 Å². The van der Waals surface area contributed by atoms with E-state index >= 15 is 0 Å². The summed E-state index contributed by atoms with van der Waals surface area (Å²) >= 11 is 4.75. The highest BCUT2D eigenvalue weighted by atomic mass is 32.1. The van der Waals surface area contributed by atoms with Gasteiger partial charge in [0.2, 0.25) is 0 Å². The summed E-state index contributed by atoms with van der Waals surface area (Å²) < 4.78 is 5.97. The highest BCUT2D eigenvalue weighted by molar-refractivity contribution is 7.81. The highest BCUT2D eigenvalue weighted by Crippen LogP contribution is 2.41. The molecule has 1 aliphatic carbocycles. The van der Waals surface area contributed by atoms with E-state index < -0.39 is 0 Å². The summed E-state index contributed by atoms with van der Waals surface area (Å²) in [5.41, 5.74) is 0. The number of rotatable bonds is 2. The molecule has 0 spiro atoms. The maximum atomic E-state index is 9.97. The molecule has 6 atom stereocenters. The molecule has 3 aliphatic rings. The first kappa shape index (κ1) is 14.1. The van der Waals surface area contributed by atoms with Crippen LogP contribution < -0.4 is 0 Å². The second-order valence-electron chi connectivity index (χ2n) is 6.30. The number of thiol groups is 1. The van der Waals surface area contributed by atoms with Gasteiger partial charge in [0.25, 0.3) is 0 Å². The van der Waals surface area contributed by atoms with Gasteiger partial charge in [-0.05, 0) is 18.8 Å².